The molecule has 0 aliphatic carbocycles. The number of esters is 1. The van der Waals surface area contributed by atoms with Crippen molar-refractivity contribution in [3.05, 3.63) is 24.3 Å². The molecule has 372 valence electrons. The van der Waals surface area contributed by atoms with E-state index in [2.05, 4.69) is 36.6 Å². The van der Waals surface area contributed by atoms with E-state index < -0.39 is 70.7 Å². The third kappa shape index (κ3) is 37.3. The fourth-order valence-corrected chi connectivity index (χ4v) is 8.33. The van der Waals surface area contributed by atoms with Crippen molar-refractivity contribution in [2.75, 3.05) is 26.4 Å². The van der Waals surface area contributed by atoms with Gasteiger partial charge in [0.25, 0.3) is 0 Å². The third-order valence-corrected chi connectivity index (χ3v) is 12.7. The molecule has 0 aliphatic rings. The SMILES string of the molecule is CCCCCCCCCCC/C=C\CCCCCC/C=C\C(=O)C(CC)CCCCCCCCCCCCCCC(=O)OC[C@H](CO)OP(=O)(O)OC[C@@H](O)[C@@H](O)[C@H](O)[C@H](O)CO. The Balaban J connectivity index is 3.78. The normalized spacial score (nSPS) is 16.0. The molecular weight excluding hydrogens is 828 g/mol. The lowest BCUT2D eigenvalue weighted by molar-refractivity contribution is -0.147. The lowest BCUT2D eigenvalue weighted by Gasteiger charge is -2.26. The van der Waals surface area contributed by atoms with Crippen molar-refractivity contribution in [1.82, 2.24) is 0 Å². The van der Waals surface area contributed by atoms with Crippen LogP contribution in [-0.4, -0.2) is 104 Å². The summed E-state index contributed by atoms with van der Waals surface area (Å²) in [5.74, 6) is -0.0912. The highest BCUT2D eigenvalue weighted by Crippen LogP contribution is 2.44. The number of hydrogen-bond acceptors (Lipinski definition) is 12. The number of ether oxygens (including phenoxy) is 1. The number of phosphoric acid groups is 1. The summed E-state index contributed by atoms with van der Waals surface area (Å²) in [5, 5.41) is 56.9. The molecule has 0 fully saturated rings. The largest absolute Gasteiger partial charge is 0.472 e. The Morgan fingerprint density at radius 2 is 1.00 bits per heavy atom. The summed E-state index contributed by atoms with van der Waals surface area (Å²) in [6.07, 6.45) is 35.7. The minimum absolute atomic E-state index is 0.151. The Hall–Kier alpha value is -1.51. The summed E-state index contributed by atoms with van der Waals surface area (Å²) < 4.78 is 26.6. The second kappa shape index (κ2) is 43.1. The van der Waals surface area contributed by atoms with Gasteiger partial charge < -0.3 is 40.3 Å². The standard InChI is InChI=1S/C49H93O13P/c1-3-5-6-7-8-9-10-11-12-13-14-15-16-17-21-24-27-30-33-36-44(52)42(4-2)35-32-29-26-23-20-18-19-22-25-28-31-34-37-47(55)60-40-43(38-50)62-63(58,59)61-41-46(54)49(57)48(56)45(53)39-51/h14-15,33,36,42-43,45-46,48-51,53-54,56-57H,3-13,16-32,34-35,37-41H2,1-2H3,(H,58,59)/b15-14-,36-33-/t42?,43-,45+,46+,48+,49+/m0/s1. The second-order valence-corrected chi connectivity index (χ2v) is 18.8. The molecule has 7 N–H and O–H groups in total. The molecule has 0 spiro atoms. The lowest BCUT2D eigenvalue weighted by atomic mass is 9.93. The topological polar surface area (TPSA) is 221 Å². The van der Waals surface area contributed by atoms with E-state index >= 15 is 0 Å². The Morgan fingerprint density at radius 1 is 0.556 bits per heavy atom. The highest BCUT2D eigenvalue weighted by atomic mass is 31.2. The van der Waals surface area contributed by atoms with Gasteiger partial charge in [0.05, 0.1) is 19.8 Å². The summed E-state index contributed by atoms with van der Waals surface area (Å²) in [4.78, 5) is 34.7. The summed E-state index contributed by atoms with van der Waals surface area (Å²) in [6, 6.07) is 0. The summed E-state index contributed by atoms with van der Waals surface area (Å²) in [7, 11) is -4.88. The van der Waals surface area contributed by atoms with Gasteiger partial charge in [-0.25, -0.2) is 4.57 Å². The van der Waals surface area contributed by atoms with Crippen LogP contribution in [-0.2, 0) is 27.9 Å². The predicted octanol–water partition coefficient (Wildman–Crippen LogP) is 9.89. The van der Waals surface area contributed by atoms with E-state index in [1.54, 1.807) is 0 Å². The molecular formula is C49H93O13P. The predicted molar refractivity (Wildman–Crippen MR) is 251 cm³/mol. The van der Waals surface area contributed by atoms with Crippen LogP contribution in [0.15, 0.2) is 24.3 Å². The first-order valence-corrected chi connectivity index (χ1v) is 26.5. The van der Waals surface area contributed by atoms with Crippen LogP contribution in [0.2, 0.25) is 0 Å². The molecule has 0 saturated carbocycles. The van der Waals surface area contributed by atoms with Crippen molar-refractivity contribution in [2.45, 2.75) is 243 Å². The molecule has 0 heterocycles. The molecule has 0 aromatic rings. The molecule has 0 aromatic heterocycles. The van der Waals surface area contributed by atoms with E-state index in [4.69, 9.17) is 14.4 Å². The quantitative estimate of drug-likeness (QED) is 0.00995. The van der Waals surface area contributed by atoms with Gasteiger partial charge in [0.2, 0.25) is 0 Å². The fraction of sp³-hybridized carbons (Fsp3) is 0.878. The first-order valence-electron chi connectivity index (χ1n) is 25.0. The molecule has 0 rings (SSSR count). The van der Waals surface area contributed by atoms with Crippen molar-refractivity contribution in [1.29, 1.82) is 0 Å². The van der Waals surface area contributed by atoms with Gasteiger partial charge in [-0.05, 0) is 63.9 Å². The Bertz CT molecular complexity index is 1170. The lowest BCUT2D eigenvalue weighted by Crippen LogP contribution is -2.47. The average molecular weight is 921 g/mol. The van der Waals surface area contributed by atoms with Crippen molar-refractivity contribution in [3.63, 3.8) is 0 Å². The zero-order valence-electron chi connectivity index (χ0n) is 39.5. The Kier molecular flexibility index (Phi) is 42.1. The van der Waals surface area contributed by atoms with E-state index in [0.717, 1.165) is 57.8 Å². The first kappa shape index (κ1) is 61.5. The molecule has 2 unspecified atom stereocenters. The first-order chi connectivity index (χ1) is 30.4. The smallest absolute Gasteiger partial charge is 0.463 e. The monoisotopic (exact) mass is 921 g/mol. The number of rotatable bonds is 47. The molecule has 0 aliphatic heterocycles. The van der Waals surface area contributed by atoms with Gasteiger partial charge in [0.15, 0.2) is 5.78 Å². The number of ketones is 1. The van der Waals surface area contributed by atoms with E-state index in [0.29, 0.717) is 12.2 Å². The van der Waals surface area contributed by atoms with Gasteiger partial charge >= 0.3 is 13.8 Å². The molecule has 0 aromatic carbocycles. The number of aliphatic hydroxyl groups is 6. The molecule has 0 saturated heterocycles. The van der Waals surface area contributed by atoms with Crippen LogP contribution >= 0.6 is 7.82 Å². The van der Waals surface area contributed by atoms with E-state index in [-0.39, 0.29) is 12.3 Å². The number of allylic oxidation sites excluding steroid dienone is 4. The van der Waals surface area contributed by atoms with E-state index in [9.17, 15) is 44.6 Å². The van der Waals surface area contributed by atoms with Gasteiger partial charge in [0.1, 0.15) is 37.1 Å². The maximum Gasteiger partial charge on any atom is 0.472 e. The Morgan fingerprint density at radius 3 is 1.48 bits per heavy atom. The van der Waals surface area contributed by atoms with Crippen LogP contribution in [0.1, 0.15) is 213 Å². The van der Waals surface area contributed by atoms with Gasteiger partial charge in [-0.3, -0.25) is 18.6 Å². The summed E-state index contributed by atoms with van der Waals surface area (Å²) in [6.45, 7) is 1.24. The highest BCUT2D eigenvalue weighted by molar-refractivity contribution is 7.47. The van der Waals surface area contributed by atoms with Crippen LogP contribution < -0.4 is 0 Å². The summed E-state index contributed by atoms with van der Waals surface area (Å²) >= 11 is 0. The van der Waals surface area contributed by atoms with Gasteiger partial charge in [-0.2, -0.15) is 0 Å². The number of phosphoric ester groups is 1. The van der Waals surface area contributed by atoms with Gasteiger partial charge in [0, 0.05) is 12.3 Å². The second-order valence-electron chi connectivity index (χ2n) is 17.4. The minimum atomic E-state index is -4.88. The molecule has 0 amide bonds. The van der Waals surface area contributed by atoms with Crippen LogP contribution in [0.5, 0.6) is 0 Å². The number of carbonyl (C=O) groups is 2. The molecule has 0 radical (unpaired) electrons. The van der Waals surface area contributed by atoms with Crippen LogP contribution in [0, 0.1) is 5.92 Å². The van der Waals surface area contributed by atoms with Crippen LogP contribution in [0.4, 0.5) is 0 Å². The van der Waals surface area contributed by atoms with Crippen molar-refractivity contribution in [3.8, 4) is 0 Å². The maximum atomic E-state index is 12.7. The van der Waals surface area contributed by atoms with E-state index in [1.807, 2.05) is 6.08 Å². The number of unbranched alkanes of at least 4 members (excludes halogenated alkanes) is 25. The Labute approximate surface area is 382 Å². The third-order valence-electron chi connectivity index (χ3n) is 11.6. The fourth-order valence-electron chi connectivity index (χ4n) is 7.42. The molecule has 0 bridgehead atoms. The van der Waals surface area contributed by atoms with Crippen molar-refractivity contribution >= 4 is 19.6 Å². The van der Waals surface area contributed by atoms with Gasteiger partial charge in [-0.15, -0.1) is 0 Å². The average Bonchev–Trinajstić information content (AvgIpc) is 3.28. The highest BCUT2D eigenvalue weighted by Gasteiger charge is 2.34. The van der Waals surface area contributed by atoms with Crippen LogP contribution in [0.3, 0.4) is 0 Å². The minimum Gasteiger partial charge on any atom is -0.463 e. The molecule has 63 heavy (non-hydrogen) atoms. The molecule has 7 atom stereocenters. The number of hydrogen-bond donors (Lipinski definition) is 7. The number of aliphatic hydroxyl groups excluding tert-OH is 6. The van der Waals surface area contributed by atoms with Crippen molar-refractivity contribution in [2.24, 2.45) is 5.92 Å². The summed E-state index contributed by atoms with van der Waals surface area (Å²) in [5.41, 5.74) is 0. The van der Waals surface area contributed by atoms with Crippen molar-refractivity contribution < 1.29 is 63.5 Å². The number of carbonyl (C=O) groups excluding carboxylic acids is 2. The van der Waals surface area contributed by atoms with Gasteiger partial charge in [-0.1, -0.05) is 167 Å². The van der Waals surface area contributed by atoms with Crippen LogP contribution in [0.25, 0.3) is 0 Å². The zero-order valence-corrected chi connectivity index (χ0v) is 40.4. The molecule has 14 heteroatoms. The maximum absolute atomic E-state index is 12.7. The molecule has 13 nitrogen and oxygen atoms in total. The van der Waals surface area contributed by atoms with E-state index in [1.165, 1.54) is 128 Å². The zero-order chi connectivity index (χ0) is 46.8.